The van der Waals surface area contributed by atoms with E-state index in [-0.39, 0.29) is 23.0 Å². The van der Waals surface area contributed by atoms with Gasteiger partial charge in [-0.15, -0.1) is 0 Å². The Morgan fingerprint density at radius 1 is 1.44 bits per heavy atom. The molecular formula is C16H26O2. The Balaban J connectivity index is 2.35. The maximum Gasteiger partial charge on any atom is 0.165 e. The summed E-state index contributed by atoms with van der Waals surface area (Å²) < 4.78 is 0. The Kier molecular flexibility index (Phi) is 3.68. The fourth-order valence-corrected chi connectivity index (χ4v) is 4.06. The zero-order valence-electron chi connectivity index (χ0n) is 12.1. The number of Topliss-reactive ketones (excluding diaryl/α,β-unsaturated/α-hetero) is 1. The lowest BCUT2D eigenvalue weighted by Gasteiger charge is -2.52. The highest BCUT2D eigenvalue weighted by molar-refractivity contribution is 5.87. The van der Waals surface area contributed by atoms with Gasteiger partial charge in [0, 0.05) is 11.8 Å². The van der Waals surface area contributed by atoms with Gasteiger partial charge < -0.3 is 5.11 Å². The second-order valence-electron chi connectivity index (χ2n) is 6.58. The Labute approximate surface area is 110 Å². The summed E-state index contributed by atoms with van der Waals surface area (Å²) >= 11 is 0. The maximum absolute atomic E-state index is 12.5. The second-order valence-corrected chi connectivity index (χ2v) is 6.58. The fraction of sp³-hybridized carbons (Fsp3) is 0.812. The standard InChI is InChI=1S/C16H26O2/c1-5-10(2)12-9-16(4)11(3)7-6-8-13(16)15(18)14(12)17/h5,11-14,17H,6-9H2,1-4H3/b10-5+. The number of allylic oxidation sites excluding steroid dienone is 1. The molecule has 0 aromatic carbocycles. The van der Waals surface area contributed by atoms with Gasteiger partial charge in [0.05, 0.1) is 0 Å². The van der Waals surface area contributed by atoms with Gasteiger partial charge in [-0.3, -0.25) is 4.79 Å². The van der Waals surface area contributed by atoms with Crippen molar-refractivity contribution < 1.29 is 9.90 Å². The Bertz CT molecular complexity index is 371. The van der Waals surface area contributed by atoms with E-state index in [1.807, 2.05) is 19.9 Å². The average molecular weight is 250 g/mol. The molecule has 0 aromatic rings. The van der Waals surface area contributed by atoms with Crippen molar-refractivity contribution in [1.29, 1.82) is 0 Å². The van der Waals surface area contributed by atoms with Crippen molar-refractivity contribution in [2.45, 2.75) is 59.5 Å². The number of hydrogen-bond donors (Lipinski definition) is 1. The molecule has 0 aromatic heterocycles. The van der Waals surface area contributed by atoms with Gasteiger partial charge in [-0.05, 0) is 38.0 Å². The Hall–Kier alpha value is -0.630. The molecule has 0 heterocycles. The summed E-state index contributed by atoms with van der Waals surface area (Å²) in [5.74, 6) is 0.794. The van der Waals surface area contributed by atoms with E-state index in [0.29, 0.717) is 5.92 Å². The minimum atomic E-state index is -0.774. The first-order valence-electron chi connectivity index (χ1n) is 7.26. The van der Waals surface area contributed by atoms with Crippen LogP contribution in [0, 0.1) is 23.2 Å². The third-order valence-corrected chi connectivity index (χ3v) is 5.77. The molecule has 0 saturated heterocycles. The molecular weight excluding hydrogens is 224 g/mol. The van der Waals surface area contributed by atoms with E-state index >= 15 is 0 Å². The highest BCUT2D eigenvalue weighted by Crippen LogP contribution is 2.54. The number of aliphatic hydroxyl groups is 1. The average Bonchev–Trinajstić information content (AvgIpc) is 2.35. The van der Waals surface area contributed by atoms with E-state index in [1.165, 1.54) is 6.42 Å². The zero-order valence-corrected chi connectivity index (χ0v) is 12.1. The summed E-state index contributed by atoms with van der Waals surface area (Å²) in [6.45, 7) is 8.57. The summed E-state index contributed by atoms with van der Waals surface area (Å²) in [6, 6.07) is 0. The lowest BCUT2D eigenvalue weighted by atomic mass is 9.52. The molecule has 102 valence electrons. The minimum absolute atomic E-state index is 0.0318. The lowest BCUT2D eigenvalue weighted by molar-refractivity contribution is -0.151. The zero-order chi connectivity index (χ0) is 13.5. The van der Waals surface area contributed by atoms with Crippen LogP contribution >= 0.6 is 0 Å². The number of carbonyl (C=O) groups excluding carboxylic acids is 1. The SMILES string of the molecule is C/C=C(\C)C1CC2(C)C(C)CCCC2C(=O)C1O. The summed E-state index contributed by atoms with van der Waals surface area (Å²) in [7, 11) is 0. The maximum atomic E-state index is 12.5. The third-order valence-electron chi connectivity index (χ3n) is 5.77. The van der Waals surface area contributed by atoms with Crippen molar-refractivity contribution >= 4 is 5.78 Å². The van der Waals surface area contributed by atoms with Gasteiger partial charge in [0.25, 0.3) is 0 Å². The Morgan fingerprint density at radius 3 is 2.72 bits per heavy atom. The van der Waals surface area contributed by atoms with Crippen molar-refractivity contribution in [3.8, 4) is 0 Å². The van der Waals surface area contributed by atoms with Crippen LogP contribution < -0.4 is 0 Å². The second kappa shape index (κ2) is 4.80. The first kappa shape index (κ1) is 13.8. The van der Waals surface area contributed by atoms with Crippen LogP contribution in [0.15, 0.2) is 11.6 Å². The fourth-order valence-electron chi connectivity index (χ4n) is 4.06. The smallest absolute Gasteiger partial charge is 0.165 e. The van der Waals surface area contributed by atoms with Crippen LogP contribution in [0.25, 0.3) is 0 Å². The number of carbonyl (C=O) groups is 1. The molecule has 1 N–H and O–H groups in total. The molecule has 2 heteroatoms. The van der Waals surface area contributed by atoms with Crippen LogP contribution in [0.1, 0.15) is 53.4 Å². The normalized spacial score (nSPS) is 45.8. The summed E-state index contributed by atoms with van der Waals surface area (Å²) in [6.07, 6.45) is 5.55. The van der Waals surface area contributed by atoms with Gasteiger partial charge in [0.1, 0.15) is 6.10 Å². The van der Waals surface area contributed by atoms with Crippen LogP contribution in [0.4, 0.5) is 0 Å². The topological polar surface area (TPSA) is 37.3 Å². The van der Waals surface area contributed by atoms with Gasteiger partial charge in [-0.25, -0.2) is 0 Å². The van der Waals surface area contributed by atoms with Gasteiger partial charge in [-0.1, -0.05) is 38.3 Å². The number of rotatable bonds is 1. The molecule has 2 fully saturated rings. The molecule has 5 atom stereocenters. The highest BCUT2D eigenvalue weighted by atomic mass is 16.3. The molecule has 0 amide bonds. The first-order valence-corrected chi connectivity index (χ1v) is 7.26. The van der Waals surface area contributed by atoms with E-state index < -0.39 is 6.10 Å². The first-order chi connectivity index (χ1) is 8.41. The predicted octanol–water partition coefficient (Wildman–Crippen LogP) is 3.35. The molecule has 0 aliphatic heterocycles. The summed E-state index contributed by atoms with van der Waals surface area (Å²) in [5.41, 5.74) is 1.25. The largest absolute Gasteiger partial charge is 0.385 e. The molecule has 2 nitrogen and oxygen atoms in total. The molecule has 0 bridgehead atoms. The van der Waals surface area contributed by atoms with Gasteiger partial charge in [0.2, 0.25) is 0 Å². The molecule has 0 radical (unpaired) electrons. The molecule has 2 aliphatic carbocycles. The number of fused-ring (bicyclic) bond motifs is 1. The summed E-state index contributed by atoms with van der Waals surface area (Å²) in [5, 5.41) is 10.3. The van der Waals surface area contributed by atoms with Crippen LogP contribution in [-0.2, 0) is 4.79 Å². The van der Waals surface area contributed by atoms with Crippen molar-refractivity contribution in [3.05, 3.63) is 11.6 Å². The van der Waals surface area contributed by atoms with E-state index in [9.17, 15) is 9.90 Å². The van der Waals surface area contributed by atoms with E-state index in [1.54, 1.807) is 0 Å². The van der Waals surface area contributed by atoms with Gasteiger partial charge in [-0.2, -0.15) is 0 Å². The monoisotopic (exact) mass is 250 g/mol. The Morgan fingerprint density at radius 2 is 2.11 bits per heavy atom. The van der Waals surface area contributed by atoms with Crippen molar-refractivity contribution in [1.82, 2.24) is 0 Å². The van der Waals surface area contributed by atoms with Gasteiger partial charge in [0.15, 0.2) is 5.78 Å². The third kappa shape index (κ3) is 1.95. The van der Waals surface area contributed by atoms with Crippen molar-refractivity contribution in [2.75, 3.05) is 0 Å². The van der Waals surface area contributed by atoms with Crippen LogP contribution in [-0.4, -0.2) is 17.0 Å². The molecule has 0 spiro atoms. The number of ketones is 1. The molecule has 2 saturated carbocycles. The van der Waals surface area contributed by atoms with E-state index in [0.717, 1.165) is 24.8 Å². The van der Waals surface area contributed by atoms with Crippen LogP contribution in [0.3, 0.4) is 0 Å². The highest BCUT2D eigenvalue weighted by Gasteiger charge is 2.53. The molecule has 2 aliphatic rings. The van der Waals surface area contributed by atoms with E-state index in [4.69, 9.17) is 0 Å². The number of aliphatic hydroxyl groups excluding tert-OH is 1. The van der Waals surface area contributed by atoms with Crippen molar-refractivity contribution in [3.63, 3.8) is 0 Å². The molecule has 5 unspecified atom stereocenters. The van der Waals surface area contributed by atoms with Gasteiger partial charge >= 0.3 is 0 Å². The van der Waals surface area contributed by atoms with E-state index in [2.05, 4.69) is 13.8 Å². The van der Waals surface area contributed by atoms with Crippen molar-refractivity contribution in [2.24, 2.45) is 23.2 Å². The van der Waals surface area contributed by atoms with Crippen LogP contribution in [0.2, 0.25) is 0 Å². The molecule has 18 heavy (non-hydrogen) atoms. The predicted molar refractivity (Wildman–Crippen MR) is 73.2 cm³/mol. The minimum Gasteiger partial charge on any atom is -0.385 e. The summed E-state index contributed by atoms with van der Waals surface area (Å²) in [4.78, 5) is 12.5. The quantitative estimate of drug-likeness (QED) is 0.725. The lowest BCUT2D eigenvalue weighted by Crippen LogP contribution is -2.53. The molecule has 2 rings (SSSR count). The number of hydrogen-bond acceptors (Lipinski definition) is 2. The van der Waals surface area contributed by atoms with Crippen LogP contribution in [0.5, 0.6) is 0 Å².